The highest BCUT2D eigenvalue weighted by Crippen LogP contribution is 2.54. The van der Waals surface area contributed by atoms with Crippen LogP contribution in [0.3, 0.4) is 0 Å². The minimum atomic E-state index is -1.12. The molecule has 0 saturated heterocycles. The number of fused-ring (bicyclic) bond motifs is 6. The van der Waals surface area contributed by atoms with Crippen molar-refractivity contribution in [1.29, 1.82) is 0 Å². The minimum absolute atomic E-state index is 0.0244. The van der Waals surface area contributed by atoms with Crippen LogP contribution in [-0.2, 0) is 14.3 Å². The molecule has 0 saturated carbocycles. The Morgan fingerprint density at radius 2 is 1.03 bits per heavy atom. The normalized spacial score (nSPS) is 14.5. The van der Waals surface area contributed by atoms with Crippen molar-refractivity contribution in [2.75, 3.05) is 0 Å². The molecule has 184 valence electrons. The number of hydrogen-bond donors (Lipinski definition) is 2. The van der Waals surface area contributed by atoms with Gasteiger partial charge in [-0.1, -0.05) is 97.1 Å². The van der Waals surface area contributed by atoms with Gasteiger partial charge < -0.3 is 15.6 Å². The predicted octanol–water partition coefficient (Wildman–Crippen LogP) is 5.72. The molecule has 0 spiro atoms. The lowest BCUT2D eigenvalue weighted by Crippen LogP contribution is -2.34. The summed E-state index contributed by atoms with van der Waals surface area (Å²) < 4.78 is 6.39. The Hall–Kier alpha value is -4.22. The molecule has 4 aromatic rings. The van der Waals surface area contributed by atoms with Gasteiger partial charge in [-0.15, -0.1) is 0 Å². The molecule has 3 N–H and O–H groups in total. The van der Waals surface area contributed by atoms with E-state index in [0.29, 0.717) is 0 Å². The second kappa shape index (κ2) is 9.34. The molecule has 2 aliphatic carbocycles. The van der Waals surface area contributed by atoms with E-state index in [0.717, 1.165) is 44.5 Å². The number of esters is 1. The van der Waals surface area contributed by atoms with Crippen molar-refractivity contribution >= 4 is 11.9 Å². The monoisotopic (exact) mass is 489 g/mol. The fraction of sp³-hybridized carbons (Fsp3) is 0.188. The molecule has 2 aliphatic rings. The SMILES string of the molecule is N[C@@H](CCC(=O)OC(C1c2ccccc2-c2ccccc21)C1c2ccccc2-c2ccccc21)C(=O)O. The van der Waals surface area contributed by atoms with E-state index in [1.54, 1.807) is 0 Å². The predicted molar refractivity (Wildman–Crippen MR) is 142 cm³/mol. The summed E-state index contributed by atoms with van der Waals surface area (Å²) >= 11 is 0. The van der Waals surface area contributed by atoms with Gasteiger partial charge in [-0.3, -0.25) is 9.59 Å². The Kier molecular flexibility index (Phi) is 5.85. The van der Waals surface area contributed by atoms with Crippen LogP contribution in [0.15, 0.2) is 97.1 Å². The number of ether oxygens (including phenoxy) is 1. The molecule has 6 rings (SSSR count). The maximum Gasteiger partial charge on any atom is 0.320 e. The van der Waals surface area contributed by atoms with E-state index < -0.39 is 24.1 Å². The van der Waals surface area contributed by atoms with Gasteiger partial charge in [-0.05, 0) is 50.9 Å². The van der Waals surface area contributed by atoms with Crippen molar-refractivity contribution in [1.82, 2.24) is 0 Å². The highest BCUT2D eigenvalue weighted by atomic mass is 16.5. The molecule has 0 heterocycles. The zero-order valence-corrected chi connectivity index (χ0v) is 20.2. The van der Waals surface area contributed by atoms with Crippen LogP contribution in [0, 0.1) is 0 Å². The number of carboxylic acid groups (broad SMARTS) is 1. The molecule has 0 radical (unpaired) electrons. The second-order valence-corrected chi connectivity index (χ2v) is 9.74. The highest BCUT2D eigenvalue weighted by Gasteiger charge is 2.45. The van der Waals surface area contributed by atoms with Crippen LogP contribution in [0.5, 0.6) is 0 Å². The first-order valence-electron chi connectivity index (χ1n) is 12.6. The molecule has 1 atom stereocenters. The van der Waals surface area contributed by atoms with Crippen LogP contribution in [-0.4, -0.2) is 29.2 Å². The molecule has 0 fully saturated rings. The number of benzene rings is 4. The molecule has 0 aromatic heterocycles. The third-order valence-corrected chi connectivity index (χ3v) is 7.67. The molecule has 0 amide bonds. The molecule has 37 heavy (non-hydrogen) atoms. The summed E-state index contributed by atoms with van der Waals surface area (Å²) in [5.74, 6) is -1.91. The van der Waals surface area contributed by atoms with E-state index in [4.69, 9.17) is 10.5 Å². The quantitative estimate of drug-likeness (QED) is 0.324. The average Bonchev–Trinajstić information content (AvgIpc) is 3.44. The van der Waals surface area contributed by atoms with Gasteiger partial charge in [0.25, 0.3) is 0 Å². The van der Waals surface area contributed by atoms with Crippen LogP contribution in [0.25, 0.3) is 22.3 Å². The average molecular weight is 490 g/mol. The summed E-state index contributed by atoms with van der Waals surface area (Å²) in [7, 11) is 0. The van der Waals surface area contributed by atoms with Crippen LogP contribution in [0.1, 0.15) is 46.9 Å². The Morgan fingerprint density at radius 3 is 1.38 bits per heavy atom. The van der Waals surface area contributed by atoms with Crippen molar-refractivity contribution in [2.45, 2.75) is 36.8 Å². The van der Waals surface area contributed by atoms with Gasteiger partial charge >= 0.3 is 11.9 Å². The van der Waals surface area contributed by atoms with E-state index in [9.17, 15) is 14.7 Å². The molecule has 5 nitrogen and oxygen atoms in total. The summed E-state index contributed by atoms with van der Waals surface area (Å²) in [5.41, 5.74) is 14.8. The maximum atomic E-state index is 13.3. The van der Waals surface area contributed by atoms with Gasteiger partial charge in [-0.25, -0.2) is 0 Å². The number of nitrogens with two attached hydrogens (primary N) is 1. The first kappa shape index (κ1) is 23.2. The lowest BCUT2D eigenvalue weighted by molar-refractivity contribution is -0.150. The van der Waals surface area contributed by atoms with Crippen molar-refractivity contribution in [3.05, 3.63) is 119 Å². The number of aliphatic carboxylic acids is 1. The Morgan fingerprint density at radius 1 is 0.676 bits per heavy atom. The topological polar surface area (TPSA) is 89.6 Å². The van der Waals surface area contributed by atoms with Crippen molar-refractivity contribution in [3.63, 3.8) is 0 Å². The van der Waals surface area contributed by atoms with Crippen LogP contribution in [0.4, 0.5) is 0 Å². The number of carboxylic acids is 1. The Balaban J connectivity index is 1.48. The Labute approximate surface area is 215 Å². The maximum absolute atomic E-state index is 13.3. The van der Waals surface area contributed by atoms with E-state index in [2.05, 4.69) is 48.5 Å². The lowest BCUT2D eigenvalue weighted by atomic mass is 9.79. The second-order valence-electron chi connectivity index (χ2n) is 9.74. The van der Waals surface area contributed by atoms with Gasteiger partial charge in [-0.2, -0.15) is 0 Å². The number of hydrogen-bond acceptors (Lipinski definition) is 4. The number of carbonyl (C=O) groups is 2. The third kappa shape index (κ3) is 3.92. The summed E-state index contributed by atoms with van der Waals surface area (Å²) in [5, 5.41) is 9.18. The largest absolute Gasteiger partial charge is 0.480 e. The zero-order chi connectivity index (χ0) is 25.5. The van der Waals surface area contributed by atoms with Gasteiger partial charge in [0, 0.05) is 18.3 Å². The van der Waals surface area contributed by atoms with E-state index >= 15 is 0 Å². The van der Waals surface area contributed by atoms with Crippen molar-refractivity contribution < 1.29 is 19.4 Å². The number of carbonyl (C=O) groups excluding carboxylic acids is 1. The minimum Gasteiger partial charge on any atom is -0.480 e. The first-order valence-corrected chi connectivity index (χ1v) is 12.6. The van der Waals surface area contributed by atoms with E-state index in [-0.39, 0.29) is 24.7 Å². The molecule has 0 bridgehead atoms. The molecular formula is C32H27NO4. The molecule has 0 aliphatic heterocycles. The molecule has 5 heteroatoms. The summed E-state index contributed by atoms with van der Waals surface area (Å²) in [6.45, 7) is 0. The zero-order valence-electron chi connectivity index (χ0n) is 20.2. The van der Waals surface area contributed by atoms with E-state index in [1.165, 1.54) is 0 Å². The molecular weight excluding hydrogens is 462 g/mol. The third-order valence-electron chi connectivity index (χ3n) is 7.67. The Bertz CT molecular complexity index is 1320. The highest BCUT2D eigenvalue weighted by molar-refractivity contribution is 5.83. The standard InChI is InChI=1S/C32H27NO4/c33-27(32(35)36)17-18-28(34)37-31(29-23-13-5-1-9-19(23)20-10-2-6-14-24(20)29)30-25-15-7-3-11-21(25)22-12-4-8-16-26(22)30/h1-16,27,29-31H,17-18,33H2,(H,35,36)/t27-/m0/s1. The van der Waals surface area contributed by atoms with Gasteiger partial charge in [0.1, 0.15) is 12.1 Å². The van der Waals surface area contributed by atoms with Gasteiger partial charge in [0.15, 0.2) is 0 Å². The van der Waals surface area contributed by atoms with Crippen LogP contribution in [0.2, 0.25) is 0 Å². The molecule has 0 unspecified atom stereocenters. The van der Waals surface area contributed by atoms with E-state index in [1.807, 2.05) is 48.5 Å². The smallest absolute Gasteiger partial charge is 0.320 e. The lowest BCUT2D eigenvalue weighted by Gasteiger charge is -2.32. The summed E-state index contributed by atoms with van der Waals surface area (Å²) in [6, 6.07) is 32.1. The molecule has 4 aromatic carbocycles. The van der Waals surface area contributed by atoms with Crippen molar-refractivity contribution in [3.8, 4) is 22.3 Å². The summed E-state index contributed by atoms with van der Waals surface area (Å²) in [4.78, 5) is 24.5. The van der Waals surface area contributed by atoms with Crippen molar-refractivity contribution in [2.24, 2.45) is 5.73 Å². The summed E-state index contributed by atoms with van der Waals surface area (Å²) in [6.07, 6.45) is -0.560. The number of rotatable bonds is 7. The van der Waals surface area contributed by atoms with Gasteiger partial charge in [0.2, 0.25) is 0 Å². The van der Waals surface area contributed by atoms with Gasteiger partial charge in [0.05, 0.1) is 0 Å². The fourth-order valence-corrected chi connectivity index (χ4v) is 6.03. The van der Waals surface area contributed by atoms with Crippen LogP contribution >= 0.6 is 0 Å². The fourth-order valence-electron chi connectivity index (χ4n) is 6.03. The van der Waals surface area contributed by atoms with Crippen LogP contribution < -0.4 is 5.73 Å². The first-order chi connectivity index (χ1) is 18.0.